The summed E-state index contributed by atoms with van der Waals surface area (Å²) in [6.07, 6.45) is 0. The lowest BCUT2D eigenvalue weighted by Gasteiger charge is -1.85. The van der Waals surface area contributed by atoms with Crippen molar-refractivity contribution in [1.29, 1.82) is 0 Å². The molecule has 0 saturated carbocycles. The Morgan fingerprint density at radius 2 is 2.62 bits per heavy atom. The number of thiazole rings is 1. The Labute approximate surface area is 51.5 Å². The summed E-state index contributed by atoms with van der Waals surface area (Å²) in [4.78, 5) is 3.85. The average Bonchev–Trinajstić information content (AvgIpc) is 2.14. The molecular formula is C4H6N3S. The first-order valence-corrected chi connectivity index (χ1v) is 2.95. The highest BCUT2D eigenvalue weighted by molar-refractivity contribution is 7.13. The Bertz CT molecular complexity index is 172. The van der Waals surface area contributed by atoms with Gasteiger partial charge in [0.15, 0.2) is 5.13 Å². The van der Waals surface area contributed by atoms with E-state index in [2.05, 4.69) is 17.3 Å². The zero-order chi connectivity index (χ0) is 5.98. The number of nitrogens with zero attached hydrogens (tertiary/aromatic N) is 1. The van der Waals surface area contributed by atoms with Gasteiger partial charge >= 0.3 is 0 Å². The zero-order valence-electron chi connectivity index (χ0n) is 4.22. The standard InChI is InChI=1S/C4H6N3S/c1-6-3-2-8-4(5)7-3/h2,6H,1H2,(H2,5,7). The molecule has 3 N–H and O–H groups in total. The van der Waals surface area contributed by atoms with Crippen LogP contribution >= 0.6 is 11.3 Å². The van der Waals surface area contributed by atoms with Gasteiger partial charge in [-0.3, -0.25) is 0 Å². The van der Waals surface area contributed by atoms with Crippen molar-refractivity contribution >= 4 is 22.3 Å². The topological polar surface area (TPSA) is 50.9 Å². The van der Waals surface area contributed by atoms with E-state index in [0.29, 0.717) is 5.13 Å². The second kappa shape index (κ2) is 2.00. The van der Waals surface area contributed by atoms with Crippen LogP contribution in [0.5, 0.6) is 0 Å². The van der Waals surface area contributed by atoms with Gasteiger partial charge in [0, 0.05) is 12.4 Å². The van der Waals surface area contributed by atoms with Crippen molar-refractivity contribution < 1.29 is 0 Å². The fraction of sp³-hybridized carbons (Fsp3) is 0. The Morgan fingerprint density at radius 3 is 2.88 bits per heavy atom. The molecule has 0 aliphatic rings. The smallest absolute Gasteiger partial charge is 0.182 e. The first-order chi connectivity index (χ1) is 3.83. The number of rotatable bonds is 1. The molecule has 1 heterocycles. The van der Waals surface area contributed by atoms with Crippen LogP contribution in [0.1, 0.15) is 0 Å². The predicted octanol–water partition coefficient (Wildman–Crippen LogP) is 0.929. The maximum absolute atomic E-state index is 5.29. The van der Waals surface area contributed by atoms with E-state index >= 15 is 0 Å². The molecule has 1 rings (SSSR count). The summed E-state index contributed by atoms with van der Waals surface area (Å²) in [6.45, 7) is 0. The molecule has 0 amide bonds. The van der Waals surface area contributed by atoms with Gasteiger partial charge in [-0.05, 0) is 0 Å². The van der Waals surface area contributed by atoms with E-state index in [1.807, 2.05) is 5.38 Å². The van der Waals surface area contributed by atoms with Crippen molar-refractivity contribution in [1.82, 2.24) is 4.98 Å². The summed E-state index contributed by atoms with van der Waals surface area (Å²) in [5.41, 5.74) is 5.29. The van der Waals surface area contributed by atoms with Crippen molar-refractivity contribution in [2.24, 2.45) is 0 Å². The molecule has 43 valence electrons. The minimum atomic E-state index is 0.566. The first-order valence-electron chi connectivity index (χ1n) is 2.07. The molecule has 0 aromatic carbocycles. The van der Waals surface area contributed by atoms with Crippen molar-refractivity contribution in [3.05, 3.63) is 12.4 Å². The Balaban J connectivity index is 2.84. The lowest BCUT2D eigenvalue weighted by molar-refractivity contribution is 1.39. The molecule has 4 heteroatoms. The number of nitrogen functional groups attached to an aromatic ring is 1. The second-order valence-corrected chi connectivity index (χ2v) is 2.14. The van der Waals surface area contributed by atoms with E-state index in [9.17, 15) is 0 Å². The van der Waals surface area contributed by atoms with Gasteiger partial charge in [-0.25, -0.2) is 4.98 Å². The number of hydrogen-bond donors (Lipinski definition) is 2. The fourth-order valence-corrected chi connectivity index (χ4v) is 0.888. The largest absolute Gasteiger partial charge is 0.375 e. The van der Waals surface area contributed by atoms with Crippen LogP contribution in [0, 0.1) is 7.05 Å². The molecule has 3 nitrogen and oxygen atoms in total. The molecule has 1 aromatic rings. The number of aromatic nitrogens is 1. The quantitative estimate of drug-likeness (QED) is 0.591. The van der Waals surface area contributed by atoms with Crippen LogP contribution in [0.3, 0.4) is 0 Å². The van der Waals surface area contributed by atoms with Crippen LogP contribution in [0.25, 0.3) is 0 Å². The molecule has 0 aliphatic carbocycles. The maximum Gasteiger partial charge on any atom is 0.182 e. The van der Waals surface area contributed by atoms with Crippen LogP contribution in [-0.2, 0) is 0 Å². The number of nitrogens with two attached hydrogens (primary N) is 1. The summed E-state index contributed by atoms with van der Waals surface area (Å²) in [5, 5.41) is 4.99. The zero-order valence-corrected chi connectivity index (χ0v) is 5.03. The summed E-state index contributed by atoms with van der Waals surface area (Å²) in [5.74, 6) is 0.729. The monoisotopic (exact) mass is 128 g/mol. The lowest BCUT2D eigenvalue weighted by atomic mass is 10.8. The van der Waals surface area contributed by atoms with Gasteiger partial charge in [0.25, 0.3) is 0 Å². The molecule has 1 aromatic heterocycles. The Morgan fingerprint density at radius 1 is 1.88 bits per heavy atom. The van der Waals surface area contributed by atoms with Gasteiger partial charge in [0.2, 0.25) is 0 Å². The maximum atomic E-state index is 5.29. The Hall–Kier alpha value is -0.770. The van der Waals surface area contributed by atoms with Gasteiger partial charge in [-0.2, -0.15) is 0 Å². The summed E-state index contributed by atoms with van der Waals surface area (Å²) in [6, 6.07) is 0. The highest BCUT2D eigenvalue weighted by Gasteiger charge is 1.91. The minimum Gasteiger partial charge on any atom is -0.375 e. The van der Waals surface area contributed by atoms with Crippen molar-refractivity contribution in [3.8, 4) is 0 Å². The molecule has 0 fully saturated rings. The van der Waals surface area contributed by atoms with E-state index in [-0.39, 0.29) is 0 Å². The highest BCUT2D eigenvalue weighted by Crippen LogP contribution is 2.14. The molecule has 0 bridgehead atoms. The van der Waals surface area contributed by atoms with Gasteiger partial charge in [-0.15, -0.1) is 11.3 Å². The van der Waals surface area contributed by atoms with Gasteiger partial charge in [0.1, 0.15) is 5.82 Å². The summed E-state index contributed by atoms with van der Waals surface area (Å²) in [7, 11) is 3.41. The number of nitrogens with one attached hydrogen (secondary N) is 1. The van der Waals surface area contributed by atoms with E-state index in [4.69, 9.17) is 5.73 Å². The van der Waals surface area contributed by atoms with Gasteiger partial charge in [-0.1, -0.05) is 0 Å². The van der Waals surface area contributed by atoms with Gasteiger partial charge < -0.3 is 11.1 Å². The third kappa shape index (κ3) is 0.894. The van der Waals surface area contributed by atoms with Crippen molar-refractivity contribution in [2.75, 3.05) is 11.1 Å². The van der Waals surface area contributed by atoms with E-state index in [1.165, 1.54) is 11.3 Å². The molecular weight excluding hydrogens is 122 g/mol. The molecule has 1 radical (unpaired) electrons. The van der Waals surface area contributed by atoms with Crippen molar-refractivity contribution in [2.45, 2.75) is 0 Å². The van der Waals surface area contributed by atoms with Crippen LogP contribution in [-0.4, -0.2) is 4.98 Å². The molecule has 0 atom stereocenters. The molecule has 8 heavy (non-hydrogen) atoms. The molecule has 0 saturated heterocycles. The first kappa shape index (κ1) is 5.37. The summed E-state index contributed by atoms with van der Waals surface area (Å²) >= 11 is 1.39. The third-order valence-corrected chi connectivity index (χ3v) is 1.38. The van der Waals surface area contributed by atoms with Gasteiger partial charge in [0.05, 0.1) is 0 Å². The normalized spacial score (nSPS) is 9.12. The minimum absolute atomic E-state index is 0.566. The van der Waals surface area contributed by atoms with Crippen LogP contribution in [0.15, 0.2) is 5.38 Å². The van der Waals surface area contributed by atoms with Crippen LogP contribution in [0.2, 0.25) is 0 Å². The highest BCUT2D eigenvalue weighted by atomic mass is 32.1. The fourth-order valence-electron chi connectivity index (χ4n) is 0.369. The molecule has 0 aliphatic heterocycles. The number of hydrogen-bond acceptors (Lipinski definition) is 4. The summed E-state index contributed by atoms with van der Waals surface area (Å²) < 4.78 is 0. The predicted molar refractivity (Wildman–Crippen MR) is 35.5 cm³/mol. The van der Waals surface area contributed by atoms with Crippen molar-refractivity contribution in [3.63, 3.8) is 0 Å². The average molecular weight is 128 g/mol. The lowest BCUT2D eigenvalue weighted by Crippen LogP contribution is -1.85. The Kier molecular flexibility index (Phi) is 1.34. The second-order valence-electron chi connectivity index (χ2n) is 1.25. The third-order valence-electron chi connectivity index (χ3n) is 0.703. The van der Waals surface area contributed by atoms with E-state index < -0.39 is 0 Å². The van der Waals surface area contributed by atoms with E-state index in [1.54, 1.807) is 0 Å². The van der Waals surface area contributed by atoms with E-state index in [0.717, 1.165) is 5.82 Å². The molecule has 0 unspecified atom stereocenters. The number of anilines is 2. The van der Waals surface area contributed by atoms with Crippen LogP contribution < -0.4 is 11.1 Å². The van der Waals surface area contributed by atoms with Crippen LogP contribution in [0.4, 0.5) is 10.9 Å². The SMILES string of the molecule is [CH2]Nc1csc(N)n1. The molecule has 0 spiro atoms.